The van der Waals surface area contributed by atoms with Gasteiger partial charge in [0, 0.05) is 0 Å². The van der Waals surface area contributed by atoms with Crippen molar-refractivity contribution in [2.45, 2.75) is 33.6 Å². The van der Waals surface area contributed by atoms with E-state index in [0.717, 1.165) is 25.2 Å². The number of hydrogen-bond donors (Lipinski definition) is 0. The smallest absolute Gasteiger partial charge is 0.122 e. The molecule has 88 valence electrons. The van der Waals surface area contributed by atoms with Crippen molar-refractivity contribution in [1.29, 1.82) is 0 Å². The molecule has 1 aromatic carbocycles. The van der Waals surface area contributed by atoms with Gasteiger partial charge in [-0.3, -0.25) is 0 Å². The normalized spacial score (nSPS) is 12.2. The van der Waals surface area contributed by atoms with Gasteiger partial charge in [0.15, 0.2) is 0 Å². The Morgan fingerprint density at radius 3 is 2.69 bits per heavy atom. The molecule has 16 heavy (non-hydrogen) atoms. The summed E-state index contributed by atoms with van der Waals surface area (Å²) in [5.74, 6) is 1.51. The molecule has 1 aromatic rings. The van der Waals surface area contributed by atoms with Crippen molar-refractivity contribution in [3.05, 3.63) is 42.0 Å². The molecule has 1 nitrogen and oxygen atoms in total. The number of aryl methyl sites for hydroxylation is 1. The van der Waals surface area contributed by atoms with Crippen molar-refractivity contribution in [2.75, 3.05) is 6.61 Å². The standard InChI is InChI=1S/C15H22O/c1-5-12(4)10-14-11-13(6-2)8-9-15(14)16-7-3/h5,8-9,11-12H,1,6-7,10H2,2-4H3. The summed E-state index contributed by atoms with van der Waals surface area (Å²) in [5.41, 5.74) is 2.67. The highest BCUT2D eigenvalue weighted by atomic mass is 16.5. The average Bonchev–Trinajstić information content (AvgIpc) is 2.31. The Labute approximate surface area is 99.1 Å². The molecule has 0 saturated carbocycles. The van der Waals surface area contributed by atoms with E-state index in [1.54, 1.807) is 0 Å². The van der Waals surface area contributed by atoms with Crippen LogP contribution in [-0.4, -0.2) is 6.61 Å². The van der Waals surface area contributed by atoms with E-state index in [0.29, 0.717) is 5.92 Å². The summed E-state index contributed by atoms with van der Waals surface area (Å²) < 4.78 is 5.65. The maximum absolute atomic E-state index is 5.65. The van der Waals surface area contributed by atoms with E-state index in [1.165, 1.54) is 11.1 Å². The lowest BCUT2D eigenvalue weighted by Gasteiger charge is -2.13. The third-order valence-corrected chi connectivity index (χ3v) is 2.78. The zero-order chi connectivity index (χ0) is 12.0. The van der Waals surface area contributed by atoms with Crippen LogP contribution in [0.2, 0.25) is 0 Å². The minimum atomic E-state index is 0.492. The van der Waals surface area contributed by atoms with Crippen molar-refractivity contribution in [2.24, 2.45) is 5.92 Å². The third kappa shape index (κ3) is 3.41. The molecular weight excluding hydrogens is 196 g/mol. The first-order valence-corrected chi connectivity index (χ1v) is 6.08. The highest BCUT2D eigenvalue weighted by Crippen LogP contribution is 2.24. The van der Waals surface area contributed by atoms with Crippen molar-refractivity contribution >= 4 is 0 Å². The molecule has 0 radical (unpaired) electrons. The summed E-state index contributed by atoms with van der Waals surface area (Å²) in [4.78, 5) is 0. The van der Waals surface area contributed by atoms with Crippen molar-refractivity contribution < 1.29 is 4.74 Å². The monoisotopic (exact) mass is 218 g/mol. The van der Waals surface area contributed by atoms with Crippen LogP contribution in [0.3, 0.4) is 0 Å². The minimum absolute atomic E-state index is 0.492. The van der Waals surface area contributed by atoms with Gasteiger partial charge in [0.2, 0.25) is 0 Å². The Balaban J connectivity index is 2.94. The summed E-state index contributed by atoms with van der Waals surface area (Å²) in [6.45, 7) is 10.9. The Kier molecular flexibility index (Phi) is 5.10. The van der Waals surface area contributed by atoms with Gasteiger partial charge in [0.05, 0.1) is 6.61 Å². The van der Waals surface area contributed by atoms with Gasteiger partial charge in [-0.05, 0) is 42.9 Å². The van der Waals surface area contributed by atoms with Crippen molar-refractivity contribution in [3.63, 3.8) is 0 Å². The maximum Gasteiger partial charge on any atom is 0.122 e. The summed E-state index contributed by atoms with van der Waals surface area (Å²) in [6, 6.07) is 6.49. The van der Waals surface area contributed by atoms with Crippen LogP contribution in [0.15, 0.2) is 30.9 Å². The fourth-order valence-electron chi connectivity index (χ4n) is 1.74. The second-order valence-corrected chi connectivity index (χ2v) is 4.15. The van der Waals surface area contributed by atoms with Gasteiger partial charge in [0.1, 0.15) is 5.75 Å². The van der Waals surface area contributed by atoms with Crippen molar-refractivity contribution in [1.82, 2.24) is 0 Å². The maximum atomic E-state index is 5.65. The summed E-state index contributed by atoms with van der Waals surface area (Å²) in [5, 5.41) is 0. The topological polar surface area (TPSA) is 9.23 Å². The second-order valence-electron chi connectivity index (χ2n) is 4.15. The van der Waals surface area contributed by atoms with Crippen LogP contribution in [0.25, 0.3) is 0 Å². The third-order valence-electron chi connectivity index (χ3n) is 2.78. The van der Waals surface area contributed by atoms with Crippen LogP contribution < -0.4 is 4.74 Å². The predicted octanol–water partition coefficient (Wildman–Crippen LogP) is 4.01. The first-order valence-electron chi connectivity index (χ1n) is 6.08. The van der Waals surface area contributed by atoms with E-state index < -0.39 is 0 Å². The fourth-order valence-corrected chi connectivity index (χ4v) is 1.74. The van der Waals surface area contributed by atoms with E-state index in [9.17, 15) is 0 Å². The molecular formula is C15H22O. The largest absolute Gasteiger partial charge is 0.494 e. The van der Waals surface area contributed by atoms with Crippen LogP contribution in [-0.2, 0) is 12.8 Å². The lowest BCUT2D eigenvalue weighted by atomic mass is 9.98. The van der Waals surface area contributed by atoms with Crippen LogP contribution in [0.1, 0.15) is 31.9 Å². The zero-order valence-electron chi connectivity index (χ0n) is 10.6. The van der Waals surface area contributed by atoms with Gasteiger partial charge in [-0.1, -0.05) is 32.1 Å². The van der Waals surface area contributed by atoms with Gasteiger partial charge < -0.3 is 4.74 Å². The highest BCUT2D eigenvalue weighted by molar-refractivity contribution is 5.38. The number of rotatable bonds is 6. The molecule has 0 heterocycles. The Morgan fingerprint density at radius 2 is 2.12 bits per heavy atom. The molecule has 0 fully saturated rings. The van der Waals surface area contributed by atoms with E-state index in [-0.39, 0.29) is 0 Å². The number of ether oxygens (including phenoxy) is 1. The lowest BCUT2D eigenvalue weighted by molar-refractivity contribution is 0.335. The molecule has 1 rings (SSSR count). The molecule has 0 spiro atoms. The van der Waals surface area contributed by atoms with Gasteiger partial charge in [-0.2, -0.15) is 0 Å². The molecule has 0 aliphatic rings. The predicted molar refractivity (Wildman–Crippen MR) is 70.1 cm³/mol. The van der Waals surface area contributed by atoms with Crippen LogP contribution >= 0.6 is 0 Å². The summed E-state index contributed by atoms with van der Waals surface area (Å²) in [7, 11) is 0. The molecule has 0 bridgehead atoms. The highest BCUT2D eigenvalue weighted by Gasteiger charge is 2.07. The quantitative estimate of drug-likeness (QED) is 0.655. The van der Waals surface area contributed by atoms with E-state index in [1.807, 2.05) is 13.0 Å². The van der Waals surface area contributed by atoms with Gasteiger partial charge in [-0.15, -0.1) is 6.58 Å². The second kappa shape index (κ2) is 6.37. The first kappa shape index (κ1) is 12.8. The van der Waals surface area contributed by atoms with E-state index in [4.69, 9.17) is 4.74 Å². The Bertz CT molecular complexity index is 341. The van der Waals surface area contributed by atoms with Gasteiger partial charge in [-0.25, -0.2) is 0 Å². The molecule has 0 aliphatic heterocycles. The molecule has 1 atom stereocenters. The van der Waals surface area contributed by atoms with E-state index >= 15 is 0 Å². The Morgan fingerprint density at radius 1 is 1.38 bits per heavy atom. The number of hydrogen-bond acceptors (Lipinski definition) is 1. The lowest BCUT2D eigenvalue weighted by Crippen LogP contribution is -2.02. The Hall–Kier alpha value is -1.24. The molecule has 0 aliphatic carbocycles. The van der Waals surface area contributed by atoms with Crippen LogP contribution in [0.4, 0.5) is 0 Å². The number of allylic oxidation sites excluding steroid dienone is 1. The zero-order valence-corrected chi connectivity index (χ0v) is 10.6. The van der Waals surface area contributed by atoms with E-state index in [2.05, 4.69) is 38.6 Å². The first-order chi connectivity index (χ1) is 7.71. The molecule has 0 amide bonds. The van der Waals surface area contributed by atoms with Gasteiger partial charge >= 0.3 is 0 Å². The summed E-state index contributed by atoms with van der Waals surface area (Å²) >= 11 is 0. The van der Waals surface area contributed by atoms with Gasteiger partial charge in [0.25, 0.3) is 0 Å². The molecule has 1 heteroatoms. The molecule has 0 aromatic heterocycles. The molecule has 0 saturated heterocycles. The van der Waals surface area contributed by atoms with Crippen molar-refractivity contribution in [3.8, 4) is 5.75 Å². The average molecular weight is 218 g/mol. The fraction of sp³-hybridized carbons (Fsp3) is 0.467. The molecule has 0 N–H and O–H groups in total. The number of benzene rings is 1. The van der Waals surface area contributed by atoms with Crippen LogP contribution in [0, 0.1) is 5.92 Å². The van der Waals surface area contributed by atoms with Crippen LogP contribution in [0.5, 0.6) is 5.75 Å². The SMILES string of the molecule is C=CC(C)Cc1cc(CC)ccc1OCC. The summed E-state index contributed by atoms with van der Waals surface area (Å²) in [6.07, 6.45) is 4.07. The molecule has 1 unspecified atom stereocenters. The minimum Gasteiger partial charge on any atom is -0.494 e.